The van der Waals surface area contributed by atoms with Crippen LogP contribution in [0.3, 0.4) is 0 Å². The van der Waals surface area contributed by atoms with E-state index in [9.17, 15) is 35.9 Å². The number of halogens is 6. The number of benzene rings is 1. The van der Waals surface area contributed by atoms with Crippen molar-refractivity contribution >= 4 is 23.9 Å². The number of aliphatic carboxylic acids is 1. The Labute approximate surface area is 231 Å². The Morgan fingerprint density at radius 3 is 2.29 bits per heavy atom. The third kappa shape index (κ3) is 7.14. The SMILES string of the molecule is COc1cc(/C=C2\CCC[N+](C(=O)C(F)(F)F)(C3CCNCC3)C2=O)ccc1-n1cnc(C)c1.O=C(O)C(F)(F)F. The Kier molecular flexibility index (Phi) is 9.64. The van der Waals surface area contributed by atoms with E-state index in [1.165, 1.54) is 7.11 Å². The summed E-state index contributed by atoms with van der Waals surface area (Å²) in [5, 5.41) is 10.2. The van der Waals surface area contributed by atoms with Gasteiger partial charge in [0.15, 0.2) is 0 Å². The Balaban J connectivity index is 0.000000587. The summed E-state index contributed by atoms with van der Waals surface area (Å²) < 4.78 is 79.0. The lowest BCUT2D eigenvalue weighted by Crippen LogP contribution is -2.69. The molecule has 2 aliphatic rings. The highest BCUT2D eigenvalue weighted by Gasteiger charge is 2.63. The zero-order chi connectivity index (χ0) is 30.6. The van der Waals surface area contributed by atoms with Gasteiger partial charge < -0.3 is 19.7 Å². The second kappa shape index (κ2) is 12.4. The zero-order valence-electron chi connectivity index (χ0n) is 22.2. The number of quaternary nitrogens is 1. The average molecular weight is 592 g/mol. The van der Waals surface area contributed by atoms with Gasteiger partial charge in [-0.1, -0.05) is 6.07 Å². The number of amides is 2. The maximum absolute atomic E-state index is 13.7. The maximum Gasteiger partial charge on any atom is 0.510 e. The van der Waals surface area contributed by atoms with Gasteiger partial charge in [0.25, 0.3) is 0 Å². The summed E-state index contributed by atoms with van der Waals surface area (Å²) in [6.07, 6.45) is -3.76. The van der Waals surface area contributed by atoms with E-state index in [0.29, 0.717) is 50.1 Å². The number of imidazole rings is 1. The number of alkyl halides is 6. The molecule has 0 spiro atoms. The molecule has 41 heavy (non-hydrogen) atoms. The Morgan fingerprint density at radius 1 is 1.15 bits per heavy atom. The lowest BCUT2D eigenvalue weighted by atomic mass is 9.91. The number of aryl methyl sites for hydroxylation is 1. The summed E-state index contributed by atoms with van der Waals surface area (Å²) in [4.78, 5) is 39.4. The van der Waals surface area contributed by atoms with Crippen molar-refractivity contribution in [3.8, 4) is 11.4 Å². The van der Waals surface area contributed by atoms with Gasteiger partial charge in [-0.05, 0) is 37.1 Å². The number of carbonyl (C=O) groups excluding carboxylic acids is 2. The van der Waals surface area contributed by atoms with Crippen LogP contribution in [0.1, 0.15) is 36.9 Å². The third-order valence-corrected chi connectivity index (χ3v) is 6.91. The summed E-state index contributed by atoms with van der Waals surface area (Å²) >= 11 is 0. The molecule has 2 amide bonds. The summed E-state index contributed by atoms with van der Waals surface area (Å²) in [5.74, 6) is -4.93. The number of hydrogen-bond acceptors (Lipinski definition) is 6. The maximum atomic E-state index is 13.7. The fraction of sp³-hybridized carbons (Fsp3) is 0.462. The highest BCUT2D eigenvalue weighted by atomic mass is 19.4. The number of rotatable bonds is 4. The molecule has 1 unspecified atom stereocenters. The van der Waals surface area contributed by atoms with Gasteiger partial charge in [0.05, 0.1) is 36.9 Å². The van der Waals surface area contributed by atoms with Crippen molar-refractivity contribution in [2.45, 2.75) is 51.0 Å². The van der Waals surface area contributed by atoms with E-state index in [2.05, 4.69) is 10.3 Å². The molecule has 4 rings (SSSR count). The van der Waals surface area contributed by atoms with Crippen molar-refractivity contribution in [2.24, 2.45) is 0 Å². The predicted molar refractivity (Wildman–Crippen MR) is 133 cm³/mol. The van der Waals surface area contributed by atoms with Crippen LogP contribution in [0.4, 0.5) is 26.3 Å². The van der Waals surface area contributed by atoms with Crippen molar-refractivity contribution in [1.82, 2.24) is 14.9 Å². The Morgan fingerprint density at radius 2 is 1.78 bits per heavy atom. The van der Waals surface area contributed by atoms with Gasteiger partial charge in [0, 0.05) is 38.5 Å². The van der Waals surface area contributed by atoms with Crippen molar-refractivity contribution < 1.29 is 55.1 Å². The van der Waals surface area contributed by atoms with Crippen LogP contribution in [-0.2, 0) is 14.4 Å². The molecule has 0 aliphatic carbocycles. The van der Waals surface area contributed by atoms with Crippen LogP contribution in [0.2, 0.25) is 0 Å². The second-order valence-corrected chi connectivity index (χ2v) is 9.61. The topological polar surface area (TPSA) is 111 Å². The van der Waals surface area contributed by atoms with E-state index in [1.54, 1.807) is 35.2 Å². The molecule has 2 N–H and O–H groups in total. The van der Waals surface area contributed by atoms with Gasteiger partial charge in [0.2, 0.25) is 0 Å². The molecule has 0 bridgehead atoms. The van der Waals surface area contributed by atoms with Gasteiger partial charge in [-0.3, -0.25) is 0 Å². The summed E-state index contributed by atoms with van der Waals surface area (Å²) in [6, 6.07) is 4.61. The fourth-order valence-electron chi connectivity index (χ4n) is 5.05. The van der Waals surface area contributed by atoms with E-state index < -0.39 is 40.7 Å². The number of carbonyl (C=O) groups is 3. The molecule has 1 atom stereocenters. The van der Waals surface area contributed by atoms with Crippen LogP contribution in [0.5, 0.6) is 5.75 Å². The number of aromatic nitrogens is 2. The summed E-state index contributed by atoms with van der Waals surface area (Å²) in [7, 11) is 1.52. The number of hydrogen-bond donors (Lipinski definition) is 2. The minimum atomic E-state index is -5.09. The second-order valence-electron chi connectivity index (χ2n) is 9.61. The van der Waals surface area contributed by atoms with Crippen LogP contribution in [-0.4, -0.2) is 82.1 Å². The van der Waals surface area contributed by atoms with Crippen molar-refractivity contribution in [3.05, 3.63) is 47.6 Å². The monoisotopic (exact) mass is 591 g/mol. The highest BCUT2D eigenvalue weighted by molar-refractivity contribution is 6.00. The fourth-order valence-corrected chi connectivity index (χ4v) is 5.05. The van der Waals surface area contributed by atoms with Gasteiger partial charge >= 0.3 is 30.1 Å². The van der Waals surface area contributed by atoms with Crippen LogP contribution in [0.15, 0.2) is 36.3 Å². The van der Waals surface area contributed by atoms with Crippen molar-refractivity contribution in [2.75, 3.05) is 26.7 Å². The van der Waals surface area contributed by atoms with E-state index >= 15 is 0 Å². The molecular weight excluding hydrogens is 562 g/mol. The first-order valence-electron chi connectivity index (χ1n) is 12.6. The molecule has 9 nitrogen and oxygen atoms in total. The quantitative estimate of drug-likeness (QED) is 0.312. The third-order valence-electron chi connectivity index (χ3n) is 6.91. The molecule has 3 heterocycles. The van der Waals surface area contributed by atoms with Gasteiger partial charge in [0.1, 0.15) is 11.8 Å². The lowest BCUT2D eigenvalue weighted by Gasteiger charge is -2.44. The standard InChI is InChI=1S/C24H28F3N4O3.C2HF3O2/c1-16-14-30(15-29-16)20-6-5-17(13-21(20)34-2)12-18-4-3-11-31(22(18)32,23(33)24(25,26)27)19-7-9-28-10-8-19;3-2(4,5)1(6)7/h5-6,12-15,19,28H,3-4,7-11H2,1-2H3;(H,6,7)/q+1;/b18-12+;. The summed E-state index contributed by atoms with van der Waals surface area (Å²) in [6.45, 7) is 2.70. The van der Waals surface area contributed by atoms with Crippen LogP contribution >= 0.6 is 0 Å². The van der Waals surface area contributed by atoms with Crippen LogP contribution in [0.25, 0.3) is 11.8 Å². The Bertz CT molecular complexity index is 1310. The first-order chi connectivity index (χ1) is 19.1. The minimum absolute atomic E-state index is 0.124. The van der Waals surface area contributed by atoms with E-state index in [-0.39, 0.29) is 12.1 Å². The molecule has 224 valence electrons. The zero-order valence-corrected chi connectivity index (χ0v) is 22.2. The number of nitrogens with one attached hydrogen (secondary N) is 1. The van der Waals surface area contributed by atoms with Gasteiger partial charge in [-0.15, -0.1) is 0 Å². The molecule has 1 aromatic heterocycles. The lowest BCUT2D eigenvalue weighted by molar-refractivity contribution is -0.814. The van der Waals surface area contributed by atoms with Crippen LogP contribution in [0, 0.1) is 6.92 Å². The van der Waals surface area contributed by atoms with Crippen LogP contribution < -0.4 is 10.1 Å². The largest absolute Gasteiger partial charge is 0.510 e. The highest BCUT2D eigenvalue weighted by Crippen LogP contribution is 2.37. The molecule has 0 radical (unpaired) electrons. The van der Waals surface area contributed by atoms with Gasteiger partial charge in [-0.25, -0.2) is 19.4 Å². The number of piperidine rings is 2. The molecule has 2 fully saturated rings. The van der Waals surface area contributed by atoms with Crippen molar-refractivity contribution in [3.63, 3.8) is 0 Å². The number of likely N-dealkylation sites (tertiary alicyclic amines) is 1. The molecule has 2 saturated heterocycles. The number of methoxy groups -OCH3 is 1. The molecule has 2 aliphatic heterocycles. The first kappa shape index (κ1) is 31.8. The number of nitrogens with zero attached hydrogens (tertiary/aromatic N) is 3. The normalized spacial score (nSPS) is 21.3. The van der Waals surface area contributed by atoms with E-state index in [4.69, 9.17) is 14.6 Å². The minimum Gasteiger partial charge on any atom is -0.495 e. The molecule has 0 saturated carbocycles. The number of imide groups is 1. The molecule has 1 aromatic carbocycles. The number of ether oxygens (including phenoxy) is 1. The van der Waals surface area contributed by atoms with Gasteiger partial charge in [-0.2, -0.15) is 30.8 Å². The smallest absolute Gasteiger partial charge is 0.495 e. The van der Waals surface area contributed by atoms with E-state index in [1.807, 2.05) is 13.1 Å². The molecular formula is C26H29F6N4O5+. The Hall–Kier alpha value is -3.72. The number of carboxylic acid groups (broad SMARTS) is 1. The molecule has 2 aromatic rings. The molecule has 15 heteroatoms. The predicted octanol–water partition coefficient (Wildman–Crippen LogP) is 4.18. The van der Waals surface area contributed by atoms with E-state index in [0.717, 1.165) is 11.4 Å². The van der Waals surface area contributed by atoms with Crippen molar-refractivity contribution in [1.29, 1.82) is 0 Å². The first-order valence-corrected chi connectivity index (χ1v) is 12.6. The average Bonchev–Trinajstić information content (AvgIpc) is 3.35. The number of carboxylic acids is 1. The summed E-state index contributed by atoms with van der Waals surface area (Å²) in [5.41, 5.74) is 2.43.